The van der Waals surface area contributed by atoms with Gasteiger partial charge in [-0.2, -0.15) is 5.10 Å². The number of amides is 1. The molecule has 2 aromatic carbocycles. The van der Waals surface area contributed by atoms with Gasteiger partial charge in [0.15, 0.2) is 11.5 Å². The number of thioether (sulfide) groups is 1. The van der Waals surface area contributed by atoms with Crippen molar-refractivity contribution in [2.75, 3.05) is 25.5 Å². The quantitative estimate of drug-likeness (QED) is 0.759. The molecular formula is C20H19ClN2O3S. The highest BCUT2D eigenvalue weighted by Gasteiger charge is 2.21. The molecule has 0 radical (unpaired) electrons. The molecule has 140 valence electrons. The lowest BCUT2D eigenvalue weighted by Gasteiger charge is -2.20. The molecule has 0 aliphatic carbocycles. The fourth-order valence-corrected chi connectivity index (χ4v) is 4.16. The van der Waals surface area contributed by atoms with E-state index in [1.165, 1.54) is 0 Å². The summed E-state index contributed by atoms with van der Waals surface area (Å²) in [7, 11) is 0. The predicted octanol–water partition coefficient (Wildman–Crippen LogP) is 3.98. The highest BCUT2D eigenvalue weighted by molar-refractivity contribution is 7.99. The van der Waals surface area contributed by atoms with E-state index in [2.05, 4.69) is 5.10 Å². The summed E-state index contributed by atoms with van der Waals surface area (Å²) in [6.07, 6.45) is 0.790. The second-order valence-electron chi connectivity index (χ2n) is 6.27. The Labute approximate surface area is 167 Å². The average molecular weight is 403 g/mol. The van der Waals surface area contributed by atoms with Crippen LogP contribution in [0, 0.1) is 0 Å². The number of fused-ring (bicyclic) bond motifs is 1. The zero-order valence-corrected chi connectivity index (χ0v) is 16.3. The first-order chi connectivity index (χ1) is 13.2. The second kappa shape index (κ2) is 8.23. The maximum absolute atomic E-state index is 12.4. The molecule has 0 atom stereocenters. The van der Waals surface area contributed by atoms with E-state index in [-0.39, 0.29) is 5.91 Å². The number of hydrazone groups is 1. The third-order valence-corrected chi connectivity index (χ3v) is 5.62. The van der Waals surface area contributed by atoms with E-state index in [0.29, 0.717) is 47.8 Å². The maximum atomic E-state index is 12.4. The molecule has 0 saturated heterocycles. The van der Waals surface area contributed by atoms with Crippen molar-refractivity contribution in [1.29, 1.82) is 0 Å². The van der Waals surface area contributed by atoms with Crippen molar-refractivity contribution in [3.8, 4) is 11.5 Å². The van der Waals surface area contributed by atoms with Gasteiger partial charge < -0.3 is 9.47 Å². The number of ether oxygens (including phenoxy) is 2. The van der Waals surface area contributed by atoms with Crippen LogP contribution in [0.3, 0.4) is 0 Å². The molecule has 0 aromatic heterocycles. The average Bonchev–Trinajstić information content (AvgIpc) is 3.19. The summed E-state index contributed by atoms with van der Waals surface area (Å²) in [5.41, 5.74) is 3.05. The molecule has 0 N–H and O–H groups in total. The van der Waals surface area contributed by atoms with Gasteiger partial charge in [-0.1, -0.05) is 41.9 Å². The van der Waals surface area contributed by atoms with Gasteiger partial charge >= 0.3 is 0 Å². The topological polar surface area (TPSA) is 51.1 Å². The summed E-state index contributed by atoms with van der Waals surface area (Å²) in [4.78, 5) is 12.4. The first-order valence-electron chi connectivity index (χ1n) is 8.80. The van der Waals surface area contributed by atoms with E-state index in [0.717, 1.165) is 23.3 Å². The van der Waals surface area contributed by atoms with E-state index in [1.807, 2.05) is 42.5 Å². The van der Waals surface area contributed by atoms with Gasteiger partial charge in [0.25, 0.3) is 5.91 Å². The lowest BCUT2D eigenvalue weighted by Crippen LogP contribution is -2.25. The Morgan fingerprint density at radius 1 is 1.19 bits per heavy atom. The molecule has 0 unspecified atom stereocenters. The maximum Gasteiger partial charge on any atom is 0.252 e. The molecule has 0 saturated carbocycles. The predicted molar refractivity (Wildman–Crippen MR) is 108 cm³/mol. The number of benzene rings is 2. The summed E-state index contributed by atoms with van der Waals surface area (Å²) in [5, 5.41) is 6.61. The van der Waals surface area contributed by atoms with Crippen molar-refractivity contribution in [3.05, 3.63) is 58.6 Å². The normalized spacial score (nSPS) is 15.6. The number of rotatable bonds is 5. The zero-order valence-electron chi connectivity index (χ0n) is 14.7. The molecule has 4 rings (SSSR count). The minimum Gasteiger partial charge on any atom is -0.486 e. The highest BCUT2D eigenvalue weighted by Crippen LogP contribution is 2.39. The third-order valence-electron chi connectivity index (χ3n) is 4.35. The molecule has 7 heteroatoms. The van der Waals surface area contributed by atoms with Crippen molar-refractivity contribution in [2.45, 2.75) is 12.2 Å². The SMILES string of the molecule is O=C(CSCc1cc(Cl)c2c(c1)OCCO2)N1CCC(c2ccccc2)=N1. The van der Waals surface area contributed by atoms with Crippen molar-refractivity contribution in [1.82, 2.24) is 5.01 Å². The van der Waals surface area contributed by atoms with Crippen LogP contribution < -0.4 is 9.47 Å². The van der Waals surface area contributed by atoms with E-state index in [4.69, 9.17) is 21.1 Å². The van der Waals surface area contributed by atoms with Crippen molar-refractivity contribution >= 4 is 35.0 Å². The fraction of sp³-hybridized carbons (Fsp3) is 0.300. The Bertz CT molecular complexity index is 873. The number of carbonyl (C=O) groups is 1. The van der Waals surface area contributed by atoms with E-state index in [9.17, 15) is 4.79 Å². The Balaban J connectivity index is 1.33. The van der Waals surface area contributed by atoms with Crippen LogP contribution in [0.4, 0.5) is 0 Å². The first-order valence-corrected chi connectivity index (χ1v) is 10.3. The highest BCUT2D eigenvalue weighted by atomic mass is 35.5. The Hall–Kier alpha value is -2.18. The molecule has 5 nitrogen and oxygen atoms in total. The summed E-state index contributed by atoms with van der Waals surface area (Å²) >= 11 is 7.80. The van der Waals surface area contributed by atoms with Crippen LogP contribution >= 0.6 is 23.4 Å². The molecule has 1 amide bonds. The molecule has 0 spiro atoms. The number of carbonyl (C=O) groups excluding carboxylic acids is 1. The summed E-state index contributed by atoms with van der Waals surface area (Å²) in [6, 6.07) is 13.8. The second-order valence-corrected chi connectivity index (χ2v) is 7.67. The van der Waals surface area contributed by atoms with Crippen molar-refractivity contribution in [3.63, 3.8) is 0 Å². The van der Waals surface area contributed by atoms with Crippen LogP contribution in [0.5, 0.6) is 11.5 Å². The first kappa shape index (κ1) is 18.2. The van der Waals surface area contributed by atoms with Gasteiger partial charge in [-0.05, 0) is 23.3 Å². The van der Waals surface area contributed by atoms with Crippen molar-refractivity contribution < 1.29 is 14.3 Å². The lowest BCUT2D eigenvalue weighted by atomic mass is 10.1. The number of nitrogens with zero attached hydrogens (tertiary/aromatic N) is 2. The molecule has 2 aliphatic rings. The number of hydrogen-bond acceptors (Lipinski definition) is 5. The van der Waals surface area contributed by atoms with E-state index in [1.54, 1.807) is 16.8 Å². The fourth-order valence-electron chi connectivity index (χ4n) is 3.05. The van der Waals surface area contributed by atoms with Crippen LogP contribution in [-0.2, 0) is 10.5 Å². The van der Waals surface area contributed by atoms with Gasteiger partial charge in [0.05, 0.1) is 23.0 Å². The van der Waals surface area contributed by atoms with Gasteiger partial charge in [0.1, 0.15) is 13.2 Å². The standard InChI is InChI=1S/C20H19ClN2O3S/c21-16-10-14(11-18-20(16)26-9-8-25-18)12-27-13-19(24)23-7-6-17(22-23)15-4-2-1-3-5-15/h1-5,10-11H,6-9,12-13H2. The van der Waals surface area contributed by atoms with Crippen molar-refractivity contribution in [2.24, 2.45) is 5.10 Å². The van der Waals surface area contributed by atoms with Crippen LogP contribution in [-0.4, -0.2) is 42.1 Å². The Morgan fingerprint density at radius 3 is 2.85 bits per heavy atom. The number of halogens is 1. The largest absolute Gasteiger partial charge is 0.486 e. The number of hydrogen-bond donors (Lipinski definition) is 0. The Kier molecular flexibility index (Phi) is 5.55. The molecule has 27 heavy (non-hydrogen) atoms. The minimum absolute atomic E-state index is 0.0228. The lowest BCUT2D eigenvalue weighted by molar-refractivity contribution is -0.127. The van der Waals surface area contributed by atoms with E-state index >= 15 is 0 Å². The summed E-state index contributed by atoms with van der Waals surface area (Å²) in [6.45, 7) is 1.67. The van der Waals surface area contributed by atoms with Gasteiger partial charge in [0, 0.05) is 12.2 Å². The summed E-state index contributed by atoms with van der Waals surface area (Å²) < 4.78 is 11.1. The minimum atomic E-state index is 0.0228. The molecule has 0 bridgehead atoms. The van der Waals surface area contributed by atoms with Crippen LogP contribution in [0.15, 0.2) is 47.6 Å². The van der Waals surface area contributed by atoms with Crippen LogP contribution in [0.2, 0.25) is 5.02 Å². The van der Waals surface area contributed by atoms with Crippen LogP contribution in [0.1, 0.15) is 17.5 Å². The van der Waals surface area contributed by atoms with Gasteiger partial charge in [-0.15, -0.1) is 11.8 Å². The Morgan fingerprint density at radius 2 is 2.00 bits per heavy atom. The summed E-state index contributed by atoms with van der Waals surface area (Å²) in [5.74, 6) is 2.34. The third kappa shape index (κ3) is 4.22. The molecule has 0 fully saturated rings. The van der Waals surface area contributed by atoms with Crippen LogP contribution in [0.25, 0.3) is 0 Å². The van der Waals surface area contributed by atoms with Gasteiger partial charge in [0.2, 0.25) is 0 Å². The van der Waals surface area contributed by atoms with Gasteiger partial charge in [-0.25, -0.2) is 5.01 Å². The zero-order chi connectivity index (χ0) is 18.6. The molecule has 2 aliphatic heterocycles. The van der Waals surface area contributed by atoms with Gasteiger partial charge in [-0.3, -0.25) is 4.79 Å². The molecule has 2 aromatic rings. The molecular weight excluding hydrogens is 384 g/mol. The monoisotopic (exact) mass is 402 g/mol. The van der Waals surface area contributed by atoms with E-state index < -0.39 is 0 Å². The molecule has 2 heterocycles. The smallest absolute Gasteiger partial charge is 0.252 e.